The van der Waals surface area contributed by atoms with Gasteiger partial charge in [-0.3, -0.25) is 0 Å². The zero-order valence-electron chi connectivity index (χ0n) is 11.3. The summed E-state index contributed by atoms with van der Waals surface area (Å²) in [5, 5.41) is 13.9. The standard InChI is InChI=1S/C13H14ClN5/c1-7(2)12-10(6-15)13(14)19(18-12)11-5-8(3)16-9(4)17-11/h5,7H,1-4H3. The maximum atomic E-state index is 9.20. The molecule has 2 aromatic heterocycles. The molecule has 6 heteroatoms. The number of hydrogen-bond donors (Lipinski definition) is 0. The van der Waals surface area contributed by atoms with Crippen LogP contribution in [-0.2, 0) is 0 Å². The van der Waals surface area contributed by atoms with Gasteiger partial charge in [0, 0.05) is 11.8 Å². The Bertz CT molecular complexity index is 646. The van der Waals surface area contributed by atoms with E-state index < -0.39 is 0 Å². The highest BCUT2D eigenvalue weighted by Crippen LogP contribution is 2.27. The van der Waals surface area contributed by atoms with Gasteiger partial charge in [0.15, 0.2) is 11.0 Å². The minimum absolute atomic E-state index is 0.123. The van der Waals surface area contributed by atoms with Crippen LogP contribution in [0.15, 0.2) is 6.07 Å². The van der Waals surface area contributed by atoms with E-state index in [9.17, 15) is 5.26 Å². The monoisotopic (exact) mass is 275 g/mol. The van der Waals surface area contributed by atoms with Gasteiger partial charge in [0.05, 0.1) is 5.69 Å². The van der Waals surface area contributed by atoms with E-state index in [-0.39, 0.29) is 5.92 Å². The number of aromatic nitrogens is 4. The Morgan fingerprint density at radius 1 is 1.32 bits per heavy atom. The van der Waals surface area contributed by atoms with Crippen molar-refractivity contribution >= 4 is 11.6 Å². The molecule has 0 spiro atoms. The van der Waals surface area contributed by atoms with E-state index >= 15 is 0 Å². The number of rotatable bonds is 2. The summed E-state index contributed by atoms with van der Waals surface area (Å²) in [5.74, 6) is 1.35. The van der Waals surface area contributed by atoms with Crippen LogP contribution in [0.3, 0.4) is 0 Å². The van der Waals surface area contributed by atoms with Crippen molar-refractivity contribution in [2.24, 2.45) is 0 Å². The van der Waals surface area contributed by atoms with Crippen molar-refractivity contribution in [2.75, 3.05) is 0 Å². The van der Waals surface area contributed by atoms with E-state index in [0.717, 1.165) is 5.69 Å². The molecule has 0 N–H and O–H groups in total. The molecule has 0 aliphatic rings. The SMILES string of the molecule is Cc1cc(-n2nc(C(C)C)c(C#N)c2Cl)nc(C)n1. The molecule has 0 unspecified atom stereocenters. The van der Waals surface area contributed by atoms with Gasteiger partial charge >= 0.3 is 0 Å². The molecule has 2 rings (SSSR count). The Kier molecular flexibility index (Phi) is 3.54. The Balaban J connectivity index is 2.67. The van der Waals surface area contributed by atoms with Crippen LogP contribution < -0.4 is 0 Å². The third kappa shape index (κ3) is 2.45. The van der Waals surface area contributed by atoms with Gasteiger partial charge < -0.3 is 0 Å². The summed E-state index contributed by atoms with van der Waals surface area (Å²) in [6.45, 7) is 7.63. The van der Waals surface area contributed by atoms with Gasteiger partial charge in [-0.05, 0) is 19.8 Å². The summed E-state index contributed by atoms with van der Waals surface area (Å²) in [5.41, 5.74) is 1.92. The van der Waals surface area contributed by atoms with Crippen LogP contribution in [0.2, 0.25) is 5.15 Å². The molecule has 0 amide bonds. The molecule has 0 fully saturated rings. The minimum Gasteiger partial charge on any atom is -0.238 e. The summed E-state index contributed by atoms with van der Waals surface area (Å²) in [6.07, 6.45) is 0. The summed E-state index contributed by atoms with van der Waals surface area (Å²) in [6, 6.07) is 3.89. The summed E-state index contributed by atoms with van der Waals surface area (Å²) in [7, 11) is 0. The Morgan fingerprint density at radius 2 is 2.00 bits per heavy atom. The second-order valence-electron chi connectivity index (χ2n) is 4.64. The largest absolute Gasteiger partial charge is 0.238 e. The fraction of sp³-hybridized carbons (Fsp3) is 0.385. The zero-order chi connectivity index (χ0) is 14.2. The predicted molar refractivity (Wildman–Crippen MR) is 72.4 cm³/mol. The van der Waals surface area contributed by atoms with Crippen molar-refractivity contribution in [3.63, 3.8) is 0 Å². The van der Waals surface area contributed by atoms with Gasteiger partial charge in [-0.2, -0.15) is 10.4 Å². The molecule has 19 heavy (non-hydrogen) atoms. The average Bonchev–Trinajstić information content (AvgIpc) is 2.65. The molecule has 0 radical (unpaired) electrons. The molecule has 2 aromatic rings. The molecule has 0 aromatic carbocycles. The minimum atomic E-state index is 0.123. The van der Waals surface area contributed by atoms with Gasteiger partial charge in [-0.1, -0.05) is 25.4 Å². The second-order valence-corrected chi connectivity index (χ2v) is 5.00. The third-order valence-electron chi connectivity index (χ3n) is 2.68. The maximum absolute atomic E-state index is 9.20. The Morgan fingerprint density at radius 3 is 2.47 bits per heavy atom. The van der Waals surface area contributed by atoms with Gasteiger partial charge in [0.2, 0.25) is 0 Å². The van der Waals surface area contributed by atoms with Crippen LogP contribution in [0.25, 0.3) is 5.82 Å². The zero-order valence-corrected chi connectivity index (χ0v) is 12.0. The molecule has 0 saturated heterocycles. The molecule has 0 saturated carbocycles. The van der Waals surface area contributed by atoms with E-state index in [0.29, 0.717) is 28.1 Å². The second kappa shape index (κ2) is 4.98. The van der Waals surface area contributed by atoms with Gasteiger partial charge in [0.1, 0.15) is 17.5 Å². The molecule has 0 aliphatic heterocycles. The van der Waals surface area contributed by atoms with E-state index in [1.807, 2.05) is 27.7 Å². The predicted octanol–water partition coefficient (Wildman–Crippen LogP) is 2.93. The lowest BCUT2D eigenvalue weighted by Crippen LogP contribution is -2.04. The van der Waals surface area contributed by atoms with Crippen LogP contribution in [0.4, 0.5) is 0 Å². The van der Waals surface area contributed by atoms with Crippen LogP contribution in [-0.4, -0.2) is 19.7 Å². The number of hydrogen-bond acceptors (Lipinski definition) is 4. The first-order valence-corrected chi connectivity index (χ1v) is 6.33. The lowest BCUT2D eigenvalue weighted by Gasteiger charge is -2.04. The molecular weight excluding hydrogens is 262 g/mol. The Hall–Kier alpha value is -1.93. The first-order chi connectivity index (χ1) is 8.93. The van der Waals surface area contributed by atoms with E-state index in [4.69, 9.17) is 11.6 Å². The lowest BCUT2D eigenvalue weighted by molar-refractivity contribution is 0.750. The highest BCUT2D eigenvalue weighted by atomic mass is 35.5. The van der Waals surface area contributed by atoms with Crippen molar-refractivity contribution < 1.29 is 0 Å². The first-order valence-electron chi connectivity index (χ1n) is 5.95. The van der Waals surface area contributed by atoms with Crippen LogP contribution in [0.5, 0.6) is 0 Å². The fourth-order valence-electron chi connectivity index (χ4n) is 1.88. The van der Waals surface area contributed by atoms with Crippen molar-refractivity contribution in [1.29, 1.82) is 5.26 Å². The van der Waals surface area contributed by atoms with Gasteiger partial charge in [0.25, 0.3) is 0 Å². The van der Waals surface area contributed by atoms with Crippen molar-refractivity contribution in [2.45, 2.75) is 33.6 Å². The van der Waals surface area contributed by atoms with Crippen molar-refractivity contribution in [3.8, 4) is 11.9 Å². The van der Waals surface area contributed by atoms with E-state index in [1.54, 1.807) is 6.07 Å². The Labute approximate surface area is 116 Å². The average molecular weight is 276 g/mol. The topological polar surface area (TPSA) is 67.4 Å². The number of aryl methyl sites for hydroxylation is 2. The highest BCUT2D eigenvalue weighted by Gasteiger charge is 2.20. The number of nitriles is 1. The lowest BCUT2D eigenvalue weighted by atomic mass is 10.1. The van der Waals surface area contributed by atoms with Crippen LogP contribution in [0.1, 0.15) is 42.5 Å². The molecule has 2 heterocycles. The smallest absolute Gasteiger partial charge is 0.159 e. The summed E-state index contributed by atoms with van der Waals surface area (Å²) < 4.78 is 1.50. The van der Waals surface area contributed by atoms with E-state index in [2.05, 4.69) is 21.1 Å². The molecule has 5 nitrogen and oxygen atoms in total. The van der Waals surface area contributed by atoms with E-state index in [1.165, 1.54) is 4.68 Å². The molecule has 98 valence electrons. The van der Waals surface area contributed by atoms with Crippen molar-refractivity contribution in [1.82, 2.24) is 19.7 Å². The highest BCUT2D eigenvalue weighted by molar-refractivity contribution is 6.31. The summed E-state index contributed by atoms with van der Waals surface area (Å²) in [4.78, 5) is 8.52. The van der Waals surface area contributed by atoms with Crippen LogP contribution in [0, 0.1) is 25.2 Å². The molecule has 0 atom stereocenters. The summed E-state index contributed by atoms with van der Waals surface area (Å²) >= 11 is 6.23. The maximum Gasteiger partial charge on any atom is 0.159 e. The van der Waals surface area contributed by atoms with Crippen LogP contribution >= 0.6 is 11.6 Å². The number of nitrogens with zero attached hydrogens (tertiary/aromatic N) is 5. The first kappa shape index (κ1) is 13.5. The molecular formula is C13H14ClN5. The quantitative estimate of drug-likeness (QED) is 0.845. The van der Waals surface area contributed by atoms with Crippen molar-refractivity contribution in [3.05, 3.63) is 34.0 Å². The molecule has 0 aliphatic carbocycles. The number of halogens is 1. The third-order valence-corrected chi connectivity index (χ3v) is 3.03. The van der Waals surface area contributed by atoms with Gasteiger partial charge in [-0.25, -0.2) is 14.6 Å². The molecule has 0 bridgehead atoms. The normalized spacial score (nSPS) is 10.8. The fourth-order valence-corrected chi connectivity index (χ4v) is 2.14. The van der Waals surface area contributed by atoms with Gasteiger partial charge in [-0.15, -0.1) is 0 Å².